The van der Waals surface area contributed by atoms with Gasteiger partial charge in [-0.1, -0.05) is 18.2 Å². The van der Waals surface area contributed by atoms with Gasteiger partial charge in [0.15, 0.2) is 0 Å². The molecule has 1 aliphatic heterocycles. The van der Waals surface area contributed by atoms with Gasteiger partial charge >= 0.3 is 0 Å². The van der Waals surface area contributed by atoms with Gasteiger partial charge in [0.25, 0.3) is 0 Å². The second-order valence-electron chi connectivity index (χ2n) is 6.03. The van der Waals surface area contributed by atoms with Crippen LogP contribution >= 0.6 is 0 Å². The summed E-state index contributed by atoms with van der Waals surface area (Å²) in [4.78, 5) is 36.4. The minimum Gasteiger partial charge on any atom is -0.323 e. The van der Waals surface area contributed by atoms with Crippen LogP contribution in [0.5, 0.6) is 0 Å². The fraction of sp³-hybridized carbons (Fsp3) is 0.150. The van der Waals surface area contributed by atoms with Gasteiger partial charge in [0.05, 0.1) is 6.54 Å². The molecule has 1 aliphatic rings. The van der Waals surface area contributed by atoms with E-state index in [1.54, 1.807) is 24.3 Å². The number of nitrogens with zero attached hydrogens (tertiary/aromatic N) is 1. The van der Waals surface area contributed by atoms with Gasteiger partial charge in [-0.05, 0) is 35.9 Å². The summed E-state index contributed by atoms with van der Waals surface area (Å²) >= 11 is 0. The molecule has 0 radical (unpaired) electrons. The van der Waals surface area contributed by atoms with Crippen molar-refractivity contribution in [2.75, 3.05) is 5.32 Å². The van der Waals surface area contributed by atoms with Crippen LogP contribution in [0.25, 0.3) is 6.08 Å². The molecule has 5 nitrogen and oxygen atoms in total. The quantitative estimate of drug-likeness (QED) is 0.649. The Hall–Kier alpha value is -3.35. The van der Waals surface area contributed by atoms with Crippen molar-refractivity contribution in [2.24, 2.45) is 0 Å². The smallest absolute Gasteiger partial charge is 0.248 e. The first-order valence-electron chi connectivity index (χ1n) is 8.29. The van der Waals surface area contributed by atoms with E-state index in [0.29, 0.717) is 5.69 Å². The minimum absolute atomic E-state index is 0.192. The lowest BCUT2D eigenvalue weighted by atomic mass is 10.1. The molecule has 0 bridgehead atoms. The molecule has 7 heteroatoms. The maximum Gasteiger partial charge on any atom is 0.248 e. The molecule has 0 aromatic heterocycles. The van der Waals surface area contributed by atoms with Crippen LogP contribution in [0.1, 0.15) is 24.0 Å². The predicted octanol–water partition coefficient (Wildman–Crippen LogP) is 3.27. The lowest BCUT2D eigenvalue weighted by molar-refractivity contribution is -0.139. The Bertz CT molecular complexity index is 887. The summed E-state index contributed by atoms with van der Waals surface area (Å²) in [6.07, 6.45) is 2.58. The van der Waals surface area contributed by atoms with E-state index in [4.69, 9.17) is 0 Å². The van der Waals surface area contributed by atoms with Crippen LogP contribution in [-0.2, 0) is 20.9 Å². The highest BCUT2D eigenvalue weighted by molar-refractivity contribution is 6.02. The molecule has 27 heavy (non-hydrogen) atoms. The second-order valence-corrected chi connectivity index (χ2v) is 6.03. The molecule has 1 saturated heterocycles. The molecule has 0 aliphatic carbocycles. The van der Waals surface area contributed by atoms with Gasteiger partial charge in [-0.25, -0.2) is 8.78 Å². The zero-order valence-electron chi connectivity index (χ0n) is 14.2. The lowest BCUT2D eigenvalue weighted by Gasteiger charge is -2.14. The number of carbonyl (C=O) groups excluding carboxylic acids is 3. The average Bonchev–Trinajstić information content (AvgIpc) is 2.95. The standard InChI is InChI=1S/C20H16F2N2O3/c21-16-2-1-3-17(22)15(16)8-9-18(25)23-14-6-4-13(5-7-14)12-24-19(26)10-11-20(24)27/h1-9H,10-12H2,(H,23,25)/b9-8+. The second kappa shape index (κ2) is 7.90. The largest absolute Gasteiger partial charge is 0.323 e. The van der Waals surface area contributed by atoms with E-state index >= 15 is 0 Å². The van der Waals surface area contributed by atoms with Gasteiger partial charge < -0.3 is 5.32 Å². The van der Waals surface area contributed by atoms with E-state index in [0.717, 1.165) is 29.8 Å². The van der Waals surface area contributed by atoms with E-state index in [2.05, 4.69) is 5.32 Å². The summed E-state index contributed by atoms with van der Waals surface area (Å²) < 4.78 is 27.0. The number of hydrogen-bond donors (Lipinski definition) is 1. The number of amides is 3. The van der Waals surface area contributed by atoms with E-state index in [1.165, 1.54) is 11.0 Å². The van der Waals surface area contributed by atoms with E-state index < -0.39 is 17.5 Å². The third-order valence-corrected chi connectivity index (χ3v) is 4.12. The summed E-state index contributed by atoms with van der Waals surface area (Å²) in [5, 5.41) is 2.57. The van der Waals surface area contributed by atoms with E-state index in [9.17, 15) is 23.2 Å². The summed E-state index contributed by atoms with van der Waals surface area (Å²) in [5.74, 6) is -2.44. The van der Waals surface area contributed by atoms with Gasteiger partial charge in [-0.3, -0.25) is 19.3 Å². The zero-order valence-corrected chi connectivity index (χ0v) is 14.2. The summed E-state index contributed by atoms with van der Waals surface area (Å²) in [6, 6.07) is 10.1. The summed E-state index contributed by atoms with van der Waals surface area (Å²) in [6.45, 7) is 0.193. The van der Waals surface area contributed by atoms with Crippen LogP contribution < -0.4 is 5.32 Å². The molecule has 2 aromatic carbocycles. The molecule has 0 unspecified atom stereocenters. The first-order chi connectivity index (χ1) is 12.9. The monoisotopic (exact) mass is 370 g/mol. The SMILES string of the molecule is O=C(/C=C/c1c(F)cccc1F)Nc1ccc(CN2C(=O)CCC2=O)cc1. The van der Waals surface area contributed by atoms with Crippen molar-refractivity contribution in [1.29, 1.82) is 0 Å². The Balaban J connectivity index is 1.61. The van der Waals surface area contributed by atoms with Crippen molar-refractivity contribution in [3.05, 3.63) is 71.3 Å². The van der Waals surface area contributed by atoms with Crippen LogP contribution in [0, 0.1) is 11.6 Å². The van der Waals surface area contributed by atoms with Crippen LogP contribution in [-0.4, -0.2) is 22.6 Å². The third kappa shape index (κ3) is 4.44. The zero-order chi connectivity index (χ0) is 19.4. The van der Waals surface area contributed by atoms with Gasteiger partial charge in [-0.15, -0.1) is 0 Å². The molecule has 0 atom stereocenters. The van der Waals surface area contributed by atoms with Crippen LogP contribution in [0.4, 0.5) is 14.5 Å². The number of nitrogens with one attached hydrogen (secondary N) is 1. The number of halogens is 2. The Morgan fingerprint density at radius 1 is 1.00 bits per heavy atom. The molecule has 138 valence electrons. The molecular weight excluding hydrogens is 354 g/mol. The van der Waals surface area contributed by atoms with Crippen LogP contribution in [0.2, 0.25) is 0 Å². The Morgan fingerprint density at radius 2 is 1.59 bits per heavy atom. The van der Waals surface area contributed by atoms with Gasteiger partial charge in [-0.2, -0.15) is 0 Å². The minimum atomic E-state index is -0.755. The van der Waals surface area contributed by atoms with Crippen molar-refractivity contribution in [3.63, 3.8) is 0 Å². The highest BCUT2D eigenvalue weighted by atomic mass is 19.1. The number of likely N-dealkylation sites (tertiary alicyclic amines) is 1. The van der Waals surface area contributed by atoms with E-state index in [1.807, 2.05) is 0 Å². The van der Waals surface area contributed by atoms with Crippen LogP contribution in [0.3, 0.4) is 0 Å². The van der Waals surface area contributed by atoms with Crippen molar-refractivity contribution >= 4 is 29.5 Å². The maximum absolute atomic E-state index is 13.5. The maximum atomic E-state index is 13.5. The molecule has 1 N–H and O–H groups in total. The topological polar surface area (TPSA) is 66.5 Å². The van der Waals surface area contributed by atoms with Gasteiger partial charge in [0, 0.05) is 30.2 Å². The van der Waals surface area contributed by atoms with Crippen molar-refractivity contribution in [3.8, 4) is 0 Å². The number of benzene rings is 2. The molecule has 2 aromatic rings. The fourth-order valence-corrected chi connectivity index (χ4v) is 2.69. The summed E-state index contributed by atoms with van der Waals surface area (Å²) in [5.41, 5.74) is 0.935. The molecule has 0 spiro atoms. The fourth-order valence-electron chi connectivity index (χ4n) is 2.69. The lowest BCUT2D eigenvalue weighted by Crippen LogP contribution is -2.28. The summed E-state index contributed by atoms with van der Waals surface area (Å²) in [7, 11) is 0. The number of rotatable bonds is 5. The first-order valence-corrected chi connectivity index (χ1v) is 8.29. The highest BCUT2D eigenvalue weighted by Gasteiger charge is 2.28. The molecule has 0 saturated carbocycles. The Kier molecular flexibility index (Phi) is 5.40. The molecule has 3 amide bonds. The van der Waals surface area contributed by atoms with E-state index in [-0.39, 0.29) is 36.8 Å². The number of imide groups is 1. The Morgan fingerprint density at radius 3 is 2.19 bits per heavy atom. The average molecular weight is 370 g/mol. The Labute approximate surface area is 154 Å². The van der Waals surface area contributed by atoms with Crippen molar-refractivity contribution < 1.29 is 23.2 Å². The molecular formula is C20H16F2N2O3. The first kappa shape index (κ1) is 18.4. The van der Waals surface area contributed by atoms with Gasteiger partial charge in [0.2, 0.25) is 17.7 Å². The molecule has 3 rings (SSSR count). The van der Waals surface area contributed by atoms with Crippen LogP contribution in [0.15, 0.2) is 48.5 Å². The number of anilines is 1. The molecule has 1 heterocycles. The highest BCUT2D eigenvalue weighted by Crippen LogP contribution is 2.18. The third-order valence-electron chi connectivity index (χ3n) is 4.12. The normalized spacial score (nSPS) is 14.2. The van der Waals surface area contributed by atoms with Crippen molar-refractivity contribution in [2.45, 2.75) is 19.4 Å². The van der Waals surface area contributed by atoms with Gasteiger partial charge in [0.1, 0.15) is 11.6 Å². The molecule has 1 fully saturated rings. The van der Waals surface area contributed by atoms with Crippen molar-refractivity contribution in [1.82, 2.24) is 4.90 Å². The number of carbonyl (C=O) groups is 3. The predicted molar refractivity (Wildman–Crippen MR) is 95.3 cm³/mol. The number of hydrogen-bond acceptors (Lipinski definition) is 3.